The summed E-state index contributed by atoms with van der Waals surface area (Å²) in [4.78, 5) is 12.6. The van der Waals surface area contributed by atoms with Gasteiger partial charge in [-0.3, -0.25) is 9.13 Å². The molecule has 6 nitrogen and oxygen atoms in total. The largest absolute Gasteiger partial charge is 0.497 e. The molecule has 0 fully saturated rings. The van der Waals surface area contributed by atoms with Crippen LogP contribution in [-0.2, 0) is 24.4 Å². The van der Waals surface area contributed by atoms with Gasteiger partial charge in [0.15, 0.2) is 0 Å². The zero-order valence-electron chi connectivity index (χ0n) is 15.1. The van der Waals surface area contributed by atoms with Crippen molar-refractivity contribution in [2.75, 3.05) is 13.7 Å². The summed E-state index contributed by atoms with van der Waals surface area (Å²) < 4.78 is 14.0. The highest BCUT2D eigenvalue weighted by molar-refractivity contribution is 5.75. The molecule has 0 aliphatic heterocycles. The average Bonchev–Trinajstić information content (AvgIpc) is 2.93. The number of aryl methyl sites for hydroxylation is 1. The van der Waals surface area contributed by atoms with Crippen LogP contribution in [0.15, 0.2) is 53.3 Å². The molecule has 26 heavy (non-hydrogen) atoms. The van der Waals surface area contributed by atoms with E-state index >= 15 is 0 Å². The summed E-state index contributed by atoms with van der Waals surface area (Å²) in [5.41, 5.74) is 2.60. The van der Waals surface area contributed by atoms with Gasteiger partial charge in [0.1, 0.15) is 5.75 Å². The van der Waals surface area contributed by atoms with Gasteiger partial charge in [0, 0.05) is 6.54 Å². The first-order chi connectivity index (χ1) is 12.6. The second-order valence-corrected chi connectivity index (χ2v) is 6.14. The number of fused-ring (bicyclic) bond motifs is 1. The van der Waals surface area contributed by atoms with Gasteiger partial charge in [-0.25, -0.2) is 4.79 Å². The minimum atomic E-state index is -0.762. The van der Waals surface area contributed by atoms with Gasteiger partial charge < -0.3 is 14.6 Å². The molecule has 0 bridgehead atoms. The minimum absolute atomic E-state index is 0.108. The molecule has 3 rings (SSSR count). The van der Waals surface area contributed by atoms with Crippen LogP contribution in [0.4, 0.5) is 0 Å². The normalized spacial score (nSPS) is 12.4. The molecule has 2 aromatic carbocycles. The van der Waals surface area contributed by atoms with Gasteiger partial charge in [0.05, 0.1) is 44.0 Å². The van der Waals surface area contributed by atoms with Crippen molar-refractivity contribution < 1.29 is 14.6 Å². The van der Waals surface area contributed by atoms with Crippen molar-refractivity contribution >= 4 is 11.0 Å². The van der Waals surface area contributed by atoms with E-state index in [-0.39, 0.29) is 18.8 Å². The fourth-order valence-electron chi connectivity index (χ4n) is 3.05. The lowest BCUT2D eigenvalue weighted by molar-refractivity contribution is 0.0204. The maximum Gasteiger partial charge on any atom is 0.329 e. The number of nitrogens with zero attached hydrogens (tertiary/aromatic N) is 2. The summed E-state index contributed by atoms with van der Waals surface area (Å²) in [5, 5.41) is 10.3. The Balaban J connectivity index is 1.63. The highest BCUT2D eigenvalue weighted by Crippen LogP contribution is 2.14. The van der Waals surface area contributed by atoms with Crippen LogP contribution in [-0.4, -0.2) is 34.1 Å². The van der Waals surface area contributed by atoms with Crippen LogP contribution in [0.1, 0.15) is 12.5 Å². The number of methoxy groups -OCH3 is 1. The Bertz CT molecular complexity index is 912. The van der Waals surface area contributed by atoms with Gasteiger partial charge in [-0.1, -0.05) is 24.3 Å². The molecule has 0 saturated carbocycles. The number of aliphatic hydroxyl groups excluding tert-OH is 1. The molecule has 1 N–H and O–H groups in total. The van der Waals surface area contributed by atoms with E-state index < -0.39 is 6.10 Å². The first-order valence-electron chi connectivity index (χ1n) is 8.70. The summed E-state index contributed by atoms with van der Waals surface area (Å²) in [6.45, 7) is 3.29. The molecule has 1 aromatic heterocycles. The Morgan fingerprint density at radius 3 is 2.31 bits per heavy atom. The fraction of sp³-hybridized carbons (Fsp3) is 0.350. The molecule has 0 spiro atoms. The molecule has 0 saturated heterocycles. The van der Waals surface area contributed by atoms with Crippen LogP contribution >= 0.6 is 0 Å². The third kappa shape index (κ3) is 3.81. The van der Waals surface area contributed by atoms with E-state index in [1.807, 2.05) is 55.5 Å². The van der Waals surface area contributed by atoms with Crippen LogP contribution in [0.25, 0.3) is 11.0 Å². The van der Waals surface area contributed by atoms with Gasteiger partial charge in [-0.05, 0) is 36.8 Å². The number of aromatic nitrogens is 2. The Kier molecular flexibility index (Phi) is 5.75. The van der Waals surface area contributed by atoms with Crippen molar-refractivity contribution in [1.29, 1.82) is 0 Å². The highest BCUT2D eigenvalue weighted by Gasteiger charge is 2.15. The summed E-state index contributed by atoms with van der Waals surface area (Å²) >= 11 is 0. The number of para-hydroxylation sites is 2. The van der Waals surface area contributed by atoms with Crippen LogP contribution in [0.5, 0.6) is 5.75 Å². The lowest BCUT2D eigenvalue weighted by Gasteiger charge is -2.12. The quantitative estimate of drug-likeness (QED) is 0.673. The third-order valence-electron chi connectivity index (χ3n) is 4.37. The lowest BCUT2D eigenvalue weighted by atomic mass is 10.2. The Morgan fingerprint density at radius 2 is 1.69 bits per heavy atom. The second-order valence-electron chi connectivity index (χ2n) is 6.14. The van der Waals surface area contributed by atoms with Crippen LogP contribution in [0.3, 0.4) is 0 Å². The SMILES string of the molecule is CCn1c(=O)n(CC(O)COCc2ccc(OC)cc2)c2ccccc21. The summed E-state index contributed by atoms with van der Waals surface area (Å²) in [6.07, 6.45) is -0.762. The van der Waals surface area contributed by atoms with E-state index in [1.54, 1.807) is 16.2 Å². The van der Waals surface area contributed by atoms with Gasteiger partial charge in [0.2, 0.25) is 0 Å². The van der Waals surface area contributed by atoms with Gasteiger partial charge in [-0.15, -0.1) is 0 Å². The molecular formula is C20H24N2O4. The number of benzene rings is 2. The molecule has 3 aromatic rings. The van der Waals surface area contributed by atoms with Crippen molar-refractivity contribution in [3.63, 3.8) is 0 Å². The first-order valence-corrected chi connectivity index (χ1v) is 8.70. The summed E-state index contributed by atoms with van der Waals surface area (Å²) in [7, 11) is 1.62. The minimum Gasteiger partial charge on any atom is -0.497 e. The Hall–Kier alpha value is -2.57. The van der Waals surface area contributed by atoms with Gasteiger partial charge >= 0.3 is 5.69 Å². The maximum absolute atomic E-state index is 12.6. The van der Waals surface area contributed by atoms with Crippen molar-refractivity contribution in [2.24, 2.45) is 0 Å². The van der Waals surface area contributed by atoms with E-state index in [0.29, 0.717) is 13.2 Å². The van der Waals surface area contributed by atoms with Crippen LogP contribution in [0.2, 0.25) is 0 Å². The number of imidazole rings is 1. The predicted molar refractivity (Wildman–Crippen MR) is 101 cm³/mol. The molecular weight excluding hydrogens is 332 g/mol. The van der Waals surface area contributed by atoms with Crippen LogP contribution in [0, 0.1) is 0 Å². The van der Waals surface area contributed by atoms with Crippen molar-refractivity contribution in [3.05, 3.63) is 64.6 Å². The Labute approximate surface area is 152 Å². The standard InChI is InChI=1S/C20H24N2O4/c1-3-21-18-6-4-5-7-19(18)22(20(21)24)12-16(23)14-26-13-15-8-10-17(25-2)11-9-15/h4-11,16,23H,3,12-14H2,1-2H3. The maximum atomic E-state index is 12.6. The van der Waals surface area contributed by atoms with E-state index in [2.05, 4.69) is 0 Å². The lowest BCUT2D eigenvalue weighted by Crippen LogP contribution is -2.30. The Morgan fingerprint density at radius 1 is 1.04 bits per heavy atom. The number of aliphatic hydroxyl groups is 1. The van der Waals surface area contributed by atoms with Gasteiger partial charge in [-0.2, -0.15) is 0 Å². The van der Waals surface area contributed by atoms with Crippen LogP contribution < -0.4 is 10.4 Å². The molecule has 0 aliphatic carbocycles. The van der Waals surface area contributed by atoms with E-state index in [0.717, 1.165) is 22.3 Å². The van der Waals surface area contributed by atoms with Gasteiger partial charge in [0.25, 0.3) is 0 Å². The van der Waals surface area contributed by atoms with Crippen molar-refractivity contribution in [1.82, 2.24) is 9.13 Å². The molecule has 1 atom stereocenters. The van der Waals surface area contributed by atoms with E-state index in [4.69, 9.17) is 9.47 Å². The van der Waals surface area contributed by atoms with E-state index in [9.17, 15) is 9.90 Å². The van der Waals surface area contributed by atoms with E-state index in [1.165, 1.54) is 0 Å². The summed E-state index contributed by atoms with van der Waals surface area (Å²) in [5.74, 6) is 0.792. The third-order valence-corrected chi connectivity index (χ3v) is 4.37. The molecule has 6 heteroatoms. The highest BCUT2D eigenvalue weighted by atomic mass is 16.5. The molecule has 0 amide bonds. The summed E-state index contributed by atoms with van der Waals surface area (Å²) in [6, 6.07) is 15.2. The molecule has 1 unspecified atom stereocenters. The zero-order valence-corrected chi connectivity index (χ0v) is 15.1. The van der Waals surface area contributed by atoms with Crippen molar-refractivity contribution in [3.8, 4) is 5.75 Å². The molecule has 0 aliphatic rings. The smallest absolute Gasteiger partial charge is 0.329 e. The number of hydrogen-bond donors (Lipinski definition) is 1. The first kappa shape index (κ1) is 18.2. The molecule has 0 radical (unpaired) electrons. The number of rotatable bonds is 8. The fourth-order valence-corrected chi connectivity index (χ4v) is 3.05. The number of hydrogen-bond acceptors (Lipinski definition) is 4. The second kappa shape index (κ2) is 8.21. The topological polar surface area (TPSA) is 65.6 Å². The van der Waals surface area contributed by atoms with Crippen molar-refractivity contribution in [2.45, 2.75) is 32.7 Å². The molecule has 138 valence electrons. The average molecular weight is 356 g/mol. The monoisotopic (exact) mass is 356 g/mol. The zero-order chi connectivity index (χ0) is 18.5. The predicted octanol–water partition coefficient (Wildman–Crippen LogP) is 2.41. The number of ether oxygens (including phenoxy) is 2. The molecule has 1 heterocycles.